The molecule has 1 aliphatic heterocycles. The fourth-order valence-electron chi connectivity index (χ4n) is 2.50. The Bertz CT molecular complexity index is 556. The van der Waals surface area contributed by atoms with E-state index in [4.69, 9.17) is 5.90 Å². The summed E-state index contributed by atoms with van der Waals surface area (Å²) >= 11 is 0. The van der Waals surface area contributed by atoms with Crippen molar-refractivity contribution in [2.24, 2.45) is 5.90 Å². The van der Waals surface area contributed by atoms with Crippen LogP contribution >= 0.6 is 0 Å². The molecule has 1 aromatic carbocycles. The Morgan fingerprint density at radius 2 is 2.05 bits per heavy atom. The van der Waals surface area contributed by atoms with Crippen molar-refractivity contribution in [1.29, 1.82) is 0 Å². The topological polar surface area (TPSA) is 102 Å². The third-order valence-corrected chi connectivity index (χ3v) is 3.67. The Balaban J connectivity index is 1.98. The molecule has 22 heavy (non-hydrogen) atoms. The van der Waals surface area contributed by atoms with Gasteiger partial charge in [0, 0.05) is 44.4 Å². The zero-order chi connectivity index (χ0) is 16.1. The van der Waals surface area contributed by atoms with Crippen LogP contribution in [0.1, 0.15) is 11.1 Å². The summed E-state index contributed by atoms with van der Waals surface area (Å²) in [5, 5.41) is 11.1. The lowest BCUT2D eigenvalue weighted by atomic mass is 10.1. The Morgan fingerprint density at radius 3 is 2.64 bits per heavy atom. The maximum absolute atomic E-state index is 11.7. The Labute approximate surface area is 128 Å². The van der Waals surface area contributed by atoms with Crippen molar-refractivity contribution in [2.75, 3.05) is 32.8 Å². The number of amides is 1. The fraction of sp³-hybridized carbons (Fsp3) is 0.429. The summed E-state index contributed by atoms with van der Waals surface area (Å²) < 4.78 is 0. The van der Waals surface area contributed by atoms with Crippen LogP contribution in [0.25, 0.3) is 0 Å². The largest absolute Gasteiger partial charge is 0.338 e. The number of benzene rings is 1. The number of rotatable bonds is 5. The predicted octanol–water partition coefficient (Wildman–Crippen LogP) is 0.311. The molecule has 1 saturated heterocycles. The van der Waals surface area contributed by atoms with E-state index in [0.717, 1.165) is 5.56 Å². The van der Waals surface area contributed by atoms with Crippen molar-refractivity contribution in [3.8, 4) is 0 Å². The normalized spacial score (nSPS) is 15.8. The zero-order valence-corrected chi connectivity index (χ0v) is 12.2. The van der Waals surface area contributed by atoms with E-state index in [1.54, 1.807) is 17.0 Å². The second-order valence-electron chi connectivity index (χ2n) is 5.19. The lowest BCUT2D eigenvalue weighted by molar-refractivity contribution is -0.385. The number of carbonyl (C=O) groups is 1. The number of nitro benzene ring substituents is 1. The summed E-state index contributed by atoms with van der Waals surface area (Å²) in [6.45, 7) is 6.55. The van der Waals surface area contributed by atoms with Gasteiger partial charge in [0.2, 0.25) is 0 Å². The number of carbonyl (C=O) groups excluding carboxylic acids is 1. The number of piperazine rings is 1. The molecule has 8 nitrogen and oxygen atoms in total. The van der Waals surface area contributed by atoms with Gasteiger partial charge < -0.3 is 4.90 Å². The maximum Gasteiger partial charge on any atom is 0.273 e. The van der Waals surface area contributed by atoms with Crippen molar-refractivity contribution >= 4 is 11.6 Å². The van der Waals surface area contributed by atoms with Crippen LogP contribution in [0.15, 0.2) is 18.2 Å². The lowest BCUT2D eigenvalue weighted by Crippen LogP contribution is -2.49. The molecular weight excluding hydrogens is 288 g/mol. The molecule has 0 unspecified atom stereocenters. The van der Waals surface area contributed by atoms with Crippen molar-refractivity contribution in [3.05, 3.63) is 46.4 Å². The first kappa shape index (κ1) is 16.3. The van der Waals surface area contributed by atoms with E-state index in [-0.39, 0.29) is 23.1 Å². The van der Waals surface area contributed by atoms with Crippen LogP contribution in [0.3, 0.4) is 0 Å². The molecule has 0 aliphatic carbocycles. The summed E-state index contributed by atoms with van der Waals surface area (Å²) in [5.74, 6) is 4.75. The summed E-state index contributed by atoms with van der Waals surface area (Å²) in [6, 6.07) is 4.85. The van der Waals surface area contributed by atoms with E-state index in [9.17, 15) is 14.9 Å². The summed E-state index contributed by atoms with van der Waals surface area (Å²) in [7, 11) is 0. The van der Waals surface area contributed by atoms with Gasteiger partial charge in [0.05, 0.1) is 4.92 Å². The molecule has 1 heterocycles. The van der Waals surface area contributed by atoms with Gasteiger partial charge in [-0.15, -0.1) is 0 Å². The summed E-state index contributed by atoms with van der Waals surface area (Å²) in [6.07, 6.45) is 0. The summed E-state index contributed by atoms with van der Waals surface area (Å²) in [4.78, 5) is 30.5. The molecule has 8 heteroatoms. The second-order valence-corrected chi connectivity index (χ2v) is 5.19. The minimum Gasteiger partial charge on any atom is -0.338 e. The average molecular weight is 307 g/mol. The number of nitro groups is 1. The van der Waals surface area contributed by atoms with E-state index >= 15 is 0 Å². The molecule has 1 radical (unpaired) electrons. The molecule has 119 valence electrons. The number of hydrogen-bond acceptors (Lipinski definition) is 6. The maximum atomic E-state index is 11.7. The van der Waals surface area contributed by atoms with Crippen LogP contribution in [0.4, 0.5) is 5.69 Å². The molecule has 0 spiro atoms. The molecule has 2 N–H and O–H groups in total. The van der Waals surface area contributed by atoms with Gasteiger partial charge in [-0.05, 0) is 18.6 Å². The molecule has 2 rings (SSSR count). The number of nitrogens with zero attached hydrogens (tertiary/aromatic N) is 3. The SMILES string of the molecule is [CH2]c1ccc([N+](=O)[O-])c(CN2CCN(C(=O)CON)CC2)c1. The first-order valence-corrected chi connectivity index (χ1v) is 6.92. The molecule has 1 amide bonds. The smallest absolute Gasteiger partial charge is 0.273 e. The number of hydrogen-bond donors (Lipinski definition) is 1. The first-order chi connectivity index (χ1) is 10.5. The molecule has 0 atom stereocenters. The highest BCUT2D eigenvalue weighted by Crippen LogP contribution is 2.22. The van der Waals surface area contributed by atoms with Crippen LogP contribution in [-0.2, 0) is 16.2 Å². The monoisotopic (exact) mass is 307 g/mol. The van der Waals surface area contributed by atoms with E-state index in [1.165, 1.54) is 6.07 Å². The van der Waals surface area contributed by atoms with Gasteiger partial charge in [-0.3, -0.25) is 24.6 Å². The minimum atomic E-state index is -0.382. The minimum absolute atomic E-state index is 0.0995. The first-order valence-electron chi connectivity index (χ1n) is 6.92. The van der Waals surface area contributed by atoms with Crippen molar-refractivity contribution < 1.29 is 14.6 Å². The Hall–Kier alpha value is -2.03. The van der Waals surface area contributed by atoms with Crippen molar-refractivity contribution in [3.63, 3.8) is 0 Å². The van der Waals surface area contributed by atoms with Crippen LogP contribution in [0.5, 0.6) is 0 Å². The Kier molecular flexibility index (Phi) is 5.42. The predicted molar refractivity (Wildman–Crippen MR) is 79.6 cm³/mol. The highest BCUT2D eigenvalue weighted by molar-refractivity contribution is 5.77. The van der Waals surface area contributed by atoms with Crippen molar-refractivity contribution in [1.82, 2.24) is 9.80 Å². The fourth-order valence-corrected chi connectivity index (χ4v) is 2.50. The third kappa shape index (κ3) is 4.00. The van der Waals surface area contributed by atoms with E-state index < -0.39 is 0 Å². The average Bonchev–Trinajstić information content (AvgIpc) is 2.48. The zero-order valence-electron chi connectivity index (χ0n) is 12.2. The van der Waals surface area contributed by atoms with Gasteiger partial charge in [-0.25, -0.2) is 5.90 Å². The van der Waals surface area contributed by atoms with Crippen molar-refractivity contribution in [2.45, 2.75) is 6.54 Å². The van der Waals surface area contributed by atoms with Crippen LogP contribution in [-0.4, -0.2) is 53.4 Å². The molecule has 0 bridgehead atoms. The van der Waals surface area contributed by atoms with Gasteiger partial charge in [0.25, 0.3) is 11.6 Å². The molecule has 0 saturated carbocycles. The third-order valence-electron chi connectivity index (χ3n) is 3.67. The summed E-state index contributed by atoms with van der Waals surface area (Å²) in [5.41, 5.74) is 1.49. The Morgan fingerprint density at radius 1 is 1.36 bits per heavy atom. The lowest BCUT2D eigenvalue weighted by Gasteiger charge is -2.34. The van der Waals surface area contributed by atoms with Gasteiger partial charge in [-0.2, -0.15) is 0 Å². The van der Waals surface area contributed by atoms with E-state index in [1.807, 2.05) is 0 Å². The molecular formula is C14H19N4O4. The van der Waals surface area contributed by atoms with Gasteiger partial charge in [-0.1, -0.05) is 6.07 Å². The van der Waals surface area contributed by atoms with Crippen LogP contribution in [0.2, 0.25) is 0 Å². The van der Waals surface area contributed by atoms with Gasteiger partial charge >= 0.3 is 0 Å². The van der Waals surface area contributed by atoms with E-state index in [2.05, 4.69) is 16.7 Å². The van der Waals surface area contributed by atoms with Gasteiger partial charge in [0.15, 0.2) is 0 Å². The van der Waals surface area contributed by atoms with E-state index in [0.29, 0.717) is 38.3 Å². The standard InChI is InChI=1S/C14H19N4O4/c1-11-2-3-13(18(20)21)12(8-11)9-16-4-6-17(7-5-16)14(19)10-22-15/h2-3,8H,1,4-7,9-10,15H2. The molecule has 0 aromatic heterocycles. The molecule has 1 aromatic rings. The molecule has 1 fully saturated rings. The molecule has 1 aliphatic rings. The van der Waals surface area contributed by atoms with Crippen LogP contribution in [0, 0.1) is 17.0 Å². The number of nitrogens with two attached hydrogens (primary N) is 1. The van der Waals surface area contributed by atoms with Crippen LogP contribution < -0.4 is 5.90 Å². The quantitative estimate of drug-likeness (QED) is 0.620. The second kappa shape index (κ2) is 7.30. The van der Waals surface area contributed by atoms with Gasteiger partial charge in [0.1, 0.15) is 6.61 Å². The highest BCUT2D eigenvalue weighted by Gasteiger charge is 2.23. The highest BCUT2D eigenvalue weighted by atomic mass is 16.6.